The smallest absolute Gasteiger partial charge is 0.260 e. The van der Waals surface area contributed by atoms with Gasteiger partial charge in [-0.3, -0.25) is 4.79 Å². The molecule has 1 aliphatic rings. The highest BCUT2D eigenvalue weighted by Crippen LogP contribution is 2.24. The molecule has 0 radical (unpaired) electrons. The van der Waals surface area contributed by atoms with Crippen molar-refractivity contribution in [3.05, 3.63) is 54.6 Å². The van der Waals surface area contributed by atoms with E-state index in [0.717, 1.165) is 31.0 Å². The summed E-state index contributed by atoms with van der Waals surface area (Å²) in [6.07, 6.45) is 1.01. The first kappa shape index (κ1) is 19.2. The number of ether oxygens (including phenoxy) is 2. The van der Waals surface area contributed by atoms with Gasteiger partial charge in [-0.25, -0.2) is 0 Å². The molecule has 1 heterocycles. The van der Waals surface area contributed by atoms with E-state index in [0.29, 0.717) is 11.7 Å². The fourth-order valence-electron chi connectivity index (χ4n) is 3.58. The van der Waals surface area contributed by atoms with Crippen molar-refractivity contribution in [2.75, 3.05) is 33.8 Å². The Kier molecular flexibility index (Phi) is 6.35. The quantitative estimate of drug-likeness (QED) is 0.780. The lowest BCUT2D eigenvalue weighted by Crippen LogP contribution is -2.50. The highest BCUT2D eigenvalue weighted by Gasteiger charge is 2.29. The van der Waals surface area contributed by atoms with Crippen molar-refractivity contribution in [1.29, 1.82) is 0 Å². The summed E-state index contributed by atoms with van der Waals surface area (Å²) in [5.74, 6) is 2.66. The van der Waals surface area contributed by atoms with Gasteiger partial charge in [0, 0.05) is 19.6 Å². The maximum absolute atomic E-state index is 12.5. The predicted molar refractivity (Wildman–Crippen MR) is 106 cm³/mol. The number of likely N-dealkylation sites (N-methyl/N-ethyl adjacent to an activating group) is 1. The van der Waals surface area contributed by atoms with Crippen molar-refractivity contribution in [1.82, 2.24) is 9.80 Å². The van der Waals surface area contributed by atoms with Gasteiger partial charge in [0.2, 0.25) is 0 Å². The van der Waals surface area contributed by atoms with Crippen LogP contribution in [0.4, 0.5) is 0 Å². The summed E-state index contributed by atoms with van der Waals surface area (Å²) in [6.45, 7) is 4.30. The van der Waals surface area contributed by atoms with Crippen LogP contribution in [0.3, 0.4) is 0 Å². The zero-order valence-corrected chi connectivity index (χ0v) is 16.3. The Hall–Kier alpha value is -2.53. The van der Waals surface area contributed by atoms with Crippen LogP contribution in [0.2, 0.25) is 0 Å². The molecule has 0 unspecified atom stereocenters. The second-order valence-corrected chi connectivity index (χ2v) is 7.28. The molecule has 2 aromatic rings. The Balaban J connectivity index is 1.50. The van der Waals surface area contributed by atoms with E-state index in [9.17, 15) is 4.79 Å². The largest absolute Gasteiger partial charge is 0.484 e. The first-order valence-corrected chi connectivity index (χ1v) is 9.43. The molecule has 5 nitrogen and oxygen atoms in total. The van der Waals surface area contributed by atoms with Crippen LogP contribution in [0, 0.1) is 5.92 Å². The average Bonchev–Trinajstić information content (AvgIpc) is 2.67. The second-order valence-electron chi connectivity index (χ2n) is 7.28. The Labute approximate surface area is 161 Å². The predicted octanol–water partition coefficient (Wildman–Crippen LogP) is 3.66. The van der Waals surface area contributed by atoms with Gasteiger partial charge in [-0.15, -0.1) is 0 Å². The van der Waals surface area contributed by atoms with Gasteiger partial charge >= 0.3 is 0 Å². The van der Waals surface area contributed by atoms with Gasteiger partial charge in [-0.1, -0.05) is 25.1 Å². The summed E-state index contributed by atoms with van der Waals surface area (Å²) < 4.78 is 11.4. The Bertz CT molecular complexity index is 733. The molecule has 0 N–H and O–H groups in total. The molecule has 1 saturated heterocycles. The topological polar surface area (TPSA) is 42.0 Å². The van der Waals surface area contributed by atoms with Gasteiger partial charge in [0.05, 0.1) is 0 Å². The Morgan fingerprint density at radius 2 is 1.70 bits per heavy atom. The van der Waals surface area contributed by atoms with Crippen LogP contribution in [0.15, 0.2) is 54.6 Å². The first-order valence-electron chi connectivity index (χ1n) is 9.43. The molecule has 0 aliphatic carbocycles. The van der Waals surface area contributed by atoms with Crippen LogP contribution >= 0.6 is 0 Å². The van der Waals surface area contributed by atoms with E-state index in [-0.39, 0.29) is 18.6 Å². The lowest BCUT2D eigenvalue weighted by atomic mass is 9.93. The average molecular weight is 368 g/mol. The molecule has 144 valence electrons. The number of piperidine rings is 1. The SMILES string of the molecule is C[C@H]1CN(C)CC[C@H]1N(C)C(=O)COc1ccc(Oc2ccccc2)cc1. The van der Waals surface area contributed by atoms with Gasteiger partial charge in [0.1, 0.15) is 17.2 Å². The van der Waals surface area contributed by atoms with E-state index < -0.39 is 0 Å². The molecule has 0 spiro atoms. The summed E-state index contributed by atoms with van der Waals surface area (Å²) in [4.78, 5) is 16.7. The monoisotopic (exact) mass is 368 g/mol. The molecule has 1 fully saturated rings. The van der Waals surface area contributed by atoms with Crippen molar-refractivity contribution >= 4 is 5.91 Å². The Morgan fingerprint density at radius 1 is 1.07 bits per heavy atom. The fourth-order valence-corrected chi connectivity index (χ4v) is 3.58. The minimum atomic E-state index is 0.0148. The standard InChI is InChI=1S/C22H28N2O3/c1-17-15-23(2)14-13-21(17)24(3)22(25)16-26-18-9-11-20(12-10-18)27-19-7-5-4-6-8-19/h4-12,17,21H,13-16H2,1-3H3/t17-,21+/m0/s1. The molecule has 0 aromatic heterocycles. The number of hydrogen-bond acceptors (Lipinski definition) is 4. The van der Waals surface area contributed by atoms with E-state index in [1.165, 1.54) is 0 Å². The number of benzene rings is 2. The number of carbonyl (C=O) groups excluding carboxylic acids is 1. The minimum absolute atomic E-state index is 0.0148. The molecule has 0 saturated carbocycles. The normalized spacial score (nSPS) is 20.1. The van der Waals surface area contributed by atoms with Crippen LogP contribution in [-0.4, -0.2) is 55.5 Å². The van der Waals surface area contributed by atoms with E-state index in [4.69, 9.17) is 9.47 Å². The van der Waals surface area contributed by atoms with Gasteiger partial charge in [-0.2, -0.15) is 0 Å². The summed E-state index contributed by atoms with van der Waals surface area (Å²) in [5, 5.41) is 0. The minimum Gasteiger partial charge on any atom is -0.484 e. The molecule has 5 heteroatoms. The lowest BCUT2D eigenvalue weighted by Gasteiger charge is -2.39. The molecular formula is C22H28N2O3. The second kappa shape index (κ2) is 8.91. The number of carbonyl (C=O) groups is 1. The summed E-state index contributed by atoms with van der Waals surface area (Å²) in [6, 6.07) is 17.2. The molecule has 3 rings (SSSR count). The maximum atomic E-state index is 12.5. The molecule has 0 bridgehead atoms. The van der Waals surface area contributed by atoms with Crippen molar-refractivity contribution in [2.45, 2.75) is 19.4 Å². The molecule has 27 heavy (non-hydrogen) atoms. The molecule has 2 atom stereocenters. The highest BCUT2D eigenvalue weighted by molar-refractivity contribution is 5.77. The van der Waals surface area contributed by atoms with Crippen LogP contribution in [0.1, 0.15) is 13.3 Å². The molecular weight excluding hydrogens is 340 g/mol. The van der Waals surface area contributed by atoms with Crippen LogP contribution in [0.25, 0.3) is 0 Å². The maximum Gasteiger partial charge on any atom is 0.260 e. The van der Waals surface area contributed by atoms with E-state index in [2.05, 4.69) is 18.9 Å². The summed E-state index contributed by atoms with van der Waals surface area (Å²) in [5.41, 5.74) is 0. The molecule has 1 amide bonds. The third-order valence-corrected chi connectivity index (χ3v) is 5.12. The first-order chi connectivity index (χ1) is 13.0. The summed E-state index contributed by atoms with van der Waals surface area (Å²) in [7, 11) is 4.01. The Morgan fingerprint density at radius 3 is 2.37 bits per heavy atom. The zero-order chi connectivity index (χ0) is 19.2. The third kappa shape index (κ3) is 5.23. The summed E-state index contributed by atoms with van der Waals surface area (Å²) >= 11 is 0. The number of para-hydroxylation sites is 1. The zero-order valence-electron chi connectivity index (χ0n) is 16.3. The third-order valence-electron chi connectivity index (χ3n) is 5.12. The number of rotatable bonds is 6. The fraction of sp³-hybridized carbons (Fsp3) is 0.409. The lowest BCUT2D eigenvalue weighted by molar-refractivity contribution is -0.136. The highest BCUT2D eigenvalue weighted by atomic mass is 16.5. The van der Waals surface area contributed by atoms with Gasteiger partial charge in [-0.05, 0) is 62.3 Å². The van der Waals surface area contributed by atoms with Gasteiger partial charge in [0.15, 0.2) is 6.61 Å². The van der Waals surface area contributed by atoms with Crippen LogP contribution in [-0.2, 0) is 4.79 Å². The number of nitrogens with zero attached hydrogens (tertiary/aromatic N) is 2. The number of hydrogen-bond donors (Lipinski definition) is 0. The number of amides is 1. The van der Waals surface area contributed by atoms with Crippen molar-refractivity contribution in [2.24, 2.45) is 5.92 Å². The van der Waals surface area contributed by atoms with Gasteiger partial charge < -0.3 is 19.3 Å². The van der Waals surface area contributed by atoms with Crippen LogP contribution in [0.5, 0.6) is 17.2 Å². The van der Waals surface area contributed by atoms with Gasteiger partial charge in [0.25, 0.3) is 5.91 Å². The van der Waals surface area contributed by atoms with Crippen molar-refractivity contribution in [3.63, 3.8) is 0 Å². The van der Waals surface area contributed by atoms with Crippen molar-refractivity contribution in [3.8, 4) is 17.2 Å². The van der Waals surface area contributed by atoms with Crippen molar-refractivity contribution < 1.29 is 14.3 Å². The van der Waals surface area contributed by atoms with E-state index >= 15 is 0 Å². The van der Waals surface area contributed by atoms with E-state index in [1.807, 2.05) is 66.5 Å². The number of likely N-dealkylation sites (tertiary alicyclic amines) is 1. The van der Waals surface area contributed by atoms with Crippen LogP contribution < -0.4 is 9.47 Å². The molecule has 2 aromatic carbocycles. The molecule has 1 aliphatic heterocycles. The van der Waals surface area contributed by atoms with E-state index in [1.54, 1.807) is 0 Å².